The van der Waals surface area contributed by atoms with Gasteiger partial charge in [-0.3, -0.25) is 14.6 Å². The summed E-state index contributed by atoms with van der Waals surface area (Å²) in [6.45, 7) is 1.65. The van der Waals surface area contributed by atoms with Crippen molar-refractivity contribution in [2.24, 2.45) is 5.92 Å². The van der Waals surface area contributed by atoms with Crippen LogP contribution in [0.25, 0.3) is 0 Å². The minimum Gasteiger partial charge on any atom is -0.342 e. The SMILES string of the molecule is O=C(CCn1ccc(=O)[nH]c1=O)N1CCC[C@H](Cc2nc(C3CC3)no2)C1. The summed E-state index contributed by atoms with van der Waals surface area (Å²) in [5.74, 6) is 2.28. The number of hydrogen-bond donors (Lipinski definition) is 1. The number of nitrogens with one attached hydrogen (secondary N) is 1. The fourth-order valence-electron chi connectivity index (χ4n) is 3.56. The number of piperidine rings is 1. The molecule has 1 saturated carbocycles. The zero-order valence-electron chi connectivity index (χ0n) is 15.1. The Morgan fingerprint density at radius 3 is 2.93 bits per heavy atom. The van der Waals surface area contributed by atoms with Crippen molar-refractivity contribution in [2.45, 2.75) is 51.0 Å². The van der Waals surface area contributed by atoms with Gasteiger partial charge >= 0.3 is 5.69 Å². The van der Waals surface area contributed by atoms with Gasteiger partial charge in [0.15, 0.2) is 5.82 Å². The van der Waals surface area contributed by atoms with Gasteiger partial charge in [-0.05, 0) is 31.6 Å². The summed E-state index contributed by atoms with van der Waals surface area (Å²) in [5.41, 5.74) is -0.929. The fraction of sp³-hybridized carbons (Fsp3) is 0.611. The van der Waals surface area contributed by atoms with Crippen molar-refractivity contribution in [3.63, 3.8) is 0 Å². The van der Waals surface area contributed by atoms with E-state index in [1.54, 1.807) is 0 Å². The zero-order chi connectivity index (χ0) is 18.8. The van der Waals surface area contributed by atoms with Crippen LogP contribution >= 0.6 is 0 Å². The summed E-state index contributed by atoms with van der Waals surface area (Å²) >= 11 is 0. The Morgan fingerprint density at radius 2 is 2.15 bits per heavy atom. The third kappa shape index (κ3) is 4.35. The van der Waals surface area contributed by atoms with Gasteiger partial charge in [-0.2, -0.15) is 4.98 Å². The number of aromatic amines is 1. The lowest BCUT2D eigenvalue weighted by molar-refractivity contribution is -0.133. The van der Waals surface area contributed by atoms with E-state index in [1.165, 1.54) is 16.8 Å². The van der Waals surface area contributed by atoms with Crippen LogP contribution in [0.2, 0.25) is 0 Å². The predicted octanol–water partition coefficient (Wildman–Crippen LogP) is 0.668. The Labute approximate surface area is 155 Å². The molecule has 0 spiro atoms. The van der Waals surface area contributed by atoms with E-state index in [4.69, 9.17) is 4.52 Å². The van der Waals surface area contributed by atoms with Gasteiger partial charge in [-0.15, -0.1) is 0 Å². The first-order chi connectivity index (χ1) is 13.1. The van der Waals surface area contributed by atoms with Crippen LogP contribution in [0.15, 0.2) is 26.4 Å². The highest BCUT2D eigenvalue weighted by atomic mass is 16.5. The second-order valence-corrected chi connectivity index (χ2v) is 7.43. The van der Waals surface area contributed by atoms with Crippen molar-refractivity contribution in [1.29, 1.82) is 0 Å². The van der Waals surface area contributed by atoms with Gasteiger partial charge in [-0.25, -0.2) is 4.79 Å². The topological polar surface area (TPSA) is 114 Å². The van der Waals surface area contributed by atoms with Crippen LogP contribution in [0.5, 0.6) is 0 Å². The molecule has 3 heterocycles. The molecule has 1 amide bonds. The molecule has 0 aromatic carbocycles. The maximum Gasteiger partial charge on any atom is 0.328 e. The van der Waals surface area contributed by atoms with Crippen LogP contribution in [0.3, 0.4) is 0 Å². The molecule has 0 unspecified atom stereocenters. The van der Waals surface area contributed by atoms with Gasteiger partial charge in [-0.1, -0.05) is 5.16 Å². The molecule has 1 aliphatic heterocycles. The molecule has 1 saturated heterocycles. The van der Waals surface area contributed by atoms with Crippen molar-refractivity contribution >= 4 is 5.91 Å². The Hall–Kier alpha value is -2.71. The first-order valence-corrected chi connectivity index (χ1v) is 9.48. The Morgan fingerprint density at radius 1 is 1.30 bits per heavy atom. The number of aryl methyl sites for hydroxylation is 1. The molecule has 4 rings (SSSR count). The molecule has 1 aliphatic carbocycles. The van der Waals surface area contributed by atoms with Gasteiger partial charge < -0.3 is 14.0 Å². The highest BCUT2D eigenvalue weighted by molar-refractivity contribution is 5.76. The van der Waals surface area contributed by atoms with Crippen molar-refractivity contribution in [1.82, 2.24) is 24.6 Å². The van der Waals surface area contributed by atoms with Crippen LogP contribution in [-0.4, -0.2) is 43.6 Å². The summed E-state index contributed by atoms with van der Waals surface area (Å²) in [5, 5.41) is 4.05. The van der Waals surface area contributed by atoms with Crippen molar-refractivity contribution in [3.8, 4) is 0 Å². The number of likely N-dealkylation sites (tertiary alicyclic amines) is 1. The molecule has 1 atom stereocenters. The molecule has 9 heteroatoms. The van der Waals surface area contributed by atoms with E-state index in [-0.39, 0.29) is 18.9 Å². The van der Waals surface area contributed by atoms with Crippen molar-refractivity contribution in [3.05, 3.63) is 44.8 Å². The minimum atomic E-state index is -0.491. The van der Waals surface area contributed by atoms with Crippen LogP contribution < -0.4 is 11.2 Å². The van der Waals surface area contributed by atoms with Crippen molar-refractivity contribution in [2.75, 3.05) is 13.1 Å². The molecule has 2 fully saturated rings. The van der Waals surface area contributed by atoms with E-state index in [0.29, 0.717) is 30.7 Å². The lowest BCUT2D eigenvalue weighted by atomic mass is 9.94. The largest absolute Gasteiger partial charge is 0.342 e. The first kappa shape index (κ1) is 17.7. The number of nitrogens with zero attached hydrogens (tertiary/aromatic N) is 4. The van der Waals surface area contributed by atoms with E-state index in [2.05, 4.69) is 15.1 Å². The lowest BCUT2D eigenvalue weighted by Crippen LogP contribution is -2.41. The number of H-pyrrole nitrogens is 1. The van der Waals surface area contributed by atoms with E-state index >= 15 is 0 Å². The third-order valence-electron chi connectivity index (χ3n) is 5.22. The standard InChI is InChI=1S/C18H23N5O4/c24-14-5-8-22(18(26)19-14)9-6-16(25)23-7-1-2-12(11-23)10-15-20-17(21-27-15)13-3-4-13/h5,8,12-13H,1-4,6-7,9-11H2,(H,19,24,26)/t12-/m1/s1. The number of carbonyl (C=O) groups is 1. The third-order valence-corrected chi connectivity index (χ3v) is 5.22. The molecule has 27 heavy (non-hydrogen) atoms. The van der Waals surface area contributed by atoms with Gasteiger partial charge in [0.2, 0.25) is 11.8 Å². The predicted molar refractivity (Wildman–Crippen MR) is 95.2 cm³/mol. The number of rotatable bonds is 6. The van der Waals surface area contributed by atoms with Gasteiger partial charge in [0, 0.05) is 50.7 Å². The molecule has 2 aliphatic rings. The number of hydrogen-bond acceptors (Lipinski definition) is 6. The summed E-state index contributed by atoms with van der Waals surface area (Å²) in [6.07, 6.45) is 6.60. The van der Waals surface area contributed by atoms with Crippen LogP contribution in [0, 0.1) is 5.92 Å². The van der Waals surface area contributed by atoms with Gasteiger partial charge in [0.1, 0.15) is 0 Å². The van der Waals surface area contributed by atoms with E-state index in [1.807, 2.05) is 4.90 Å². The van der Waals surface area contributed by atoms with Crippen LogP contribution in [-0.2, 0) is 17.8 Å². The minimum absolute atomic E-state index is 0.0157. The molecule has 1 N–H and O–H groups in total. The Balaban J connectivity index is 1.30. The molecule has 9 nitrogen and oxygen atoms in total. The van der Waals surface area contributed by atoms with Gasteiger partial charge in [0.25, 0.3) is 5.56 Å². The van der Waals surface area contributed by atoms with E-state index in [9.17, 15) is 14.4 Å². The average molecular weight is 373 g/mol. The summed E-state index contributed by atoms with van der Waals surface area (Å²) in [4.78, 5) is 43.9. The number of carbonyl (C=O) groups excluding carboxylic acids is 1. The smallest absolute Gasteiger partial charge is 0.328 e. The second kappa shape index (κ2) is 7.50. The maximum atomic E-state index is 12.5. The molecule has 144 valence electrons. The average Bonchev–Trinajstić information content (AvgIpc) is 3.41. The maximum absolute atomic E-state index is 12.5. The van der Waals surface area contributed by atoms with Crippen molar-refractivity contribution < 1.29 is 9.32 Å². The molecular formula is C18H23N5O4. The van der Waals surface area contributed by atoms with E-state index < -0.39 is 11.2 Å². The molecule has 0 bridgehead atoms. The monoisotopic (exact) mass is 373 g/mol. The lowest BCUT2D eigenvalue weighted by Gasteiger charge is -2.32. The Bertz CT molecular complexity index is 926. The molecule has 0 radical (unpaired) electrons. The van der Waals surface area contributed by atoms with E-state index in [0.717, 1.165) is 38.1 Å². The Kier molecular flexibility index (Phi) is 4.91. The van der Waals surface area contributed by atoms with Crippen LogP contribution in [0.1, 0.15) is 49.7 Å². The number of amides is 1. The summed E-state index contributed by atoms with van der Waals surface area (Å²) in [6, 6.07) is 1.28. The normalized spacial score (nSPS) is 20.0. The zero-order valence-corrected chi connectivity index (χ0v) is 15.1. The second-order valence-electron chi connectivity index (χ2n) is 7.43. The number of aromatic nitrogens is 4. The fourth-order valence-corrected chi connectivity index (χ4v) is 3.56. The highest BCUT2D eigenvalue weighted by Crippen LogP contribution is 2.38. The first-order valence-electron chi connectivity index (χ1n) is 9.48. The summed E-state index contributed by atoms with van der Waals surface area (Å²) < 4.78 is 6.71. The molecule has 2 aromatic heterocycles. The molecule has 2 aromatic rings. The summed E-state index contributed by atoms with van der Waals surface area (Å²) in [7, 11) is 0. The van der Waals surface area contributed by atoms with Crippen LogP contribution in [0.4, 0.5) is 0 Å². The quantitative estimate of drug-likeness (QED) is 0.796. The highest BCUT2D eigenvalue weighted by Gasteiger charge is 2.30. The van der Waals surface area contributed by atoms with Gasteiger partial charge in [0.05, 0.1) is 0 Å². The molecular weight excluding hydrogens is 350 g/mol.